The molecule has 0 aliphatic rings. The van der Waals surface area contributed by atoms with Gasteiger partial charge < -0.3 is 26.2 Å². The Hall–Kier alpha value is -2.58. The van der Waals surface area contributed by atoms with Gasteiger partial charge in [0, 0.05) is 23.1 Å². The molecule has 2 amide bonds. The summed E-state index contributed by atoms with van der Waals surface area (Å²) in [4.78, 5) is 42.2. The molecule has 2 aromatic rings. The Bertz CT molecular complexity index is 990. The van der Waals surface area contributed by atoms with Gasteiger partial charge in [-0.15, -0.1) is 0 Å². The SMILES string of the molecule is N=C(C(N)=O)c1ccc(P(O)O)cc1NCC(=O)NCCCCCc1cccc(Cl)c1F. The summed E-state index contributed by atoms with van der Waals surface area (Å²) >= 11 is 5.76. The molecule has 2 rings (SSSR count). The molecule has 8 nitrogen and oxygen atoms in total. The third-order valence-electron chi connectivity index (χ3n) is 4.67. The van der Waals surface area contributed by atoms with Crippen molar-refractivity contribution in [2.75, 3.05) is 18.4 Å². The van der Waals surface area contributed by atoms with Crippen LogP contribution in [0.25, 0.3) is 0 Å². The predicted octanol–water partition coefficient (Wildman–Crippen LogP) is 2.20. The lowest BCUT2D eigenvalue weighted by Crippen LogP contribution is -2.31. The molecule has 0 saturated carbocycles. The molecule has 2 aromatic carbocycles. The summed E-state index contributed by atoms with van der Waals surface area (Å²) in [5.74, 6) is -1.65. The lowest BCUT2D eigenvalue weighted by Gasteiger charge is -2.14. The van der Waals surface area contributed by atoms with E-state index < -0.39 is 25.8 Å². The zero-order chi connectivity index (χ0) is 23.7. The second kappa shape index (κ2) is 12.5. The third kappa shape index (κ3) is 7.53. The highest BCUT2D eigenvalue weighted by Crippen LogP contribution is 2.26. The van der Waals surface area contributed by atoms with Crippen molar-refractivity contribution in [2.24, 2.45) is 5.73 Å². The van der Waals surface area contributed by atoms with Gasteiger partial charge in [-0.25, -0.2) is 4.39 Å². The van der Waals surface area contributed by atoms with Gasteiger partial charge in [0.2, 0.25) is 5.91 Å². The monoisotopic (exact) mass is 482 g/mol. The number of primary amides is 1. The molecule has 11 heteroatoms. The van der Waals surface area contributed by atoms with Gasteiger partial charge in [0.25, 0.3) is 5.91 Å². The van der Waals surface area contributed by atoms with Gasteiger partial charge in [-0.1, -0.05) is 30.2 Å². The van der Waals surface area contributed by atoms with Crippen LogP contribution in [0.3, 0.4) is 0 Å². The summed E-state index contributed by atoms with van der Waals surface area (Å²) in [6.45, 7) is 0.284. The average Bonchev–Trinajstić information content (AvgIpc) is 2.76. The Labute approximate surface area is 191 Å². The highest BCUT2D eigenvalue weighted by molar-refractivity contribution is 7.54. The molecule has 32 heavy (non-hydrogen) atoms. The van der Waals surface area contributed by atoms with E-state index >= 15 is 0 Å². The fourth-order valence-corrected chi connectivity index (χ4v) is 3.62. The lowest BCUT2D eigenvalue weighted by molar-refractivity contribution is -0.119. The first kappa shape index (κ1) is 25.7. The number of amides is 2. The van der Waals surface area contributed by atoms with Gasteiger partial charge in [-0.3, -0.25) is 15.0 Å². The van der Waals surface area contributed by atoms with Crippen molar-refractivity contribution >= 4 is 48.5 Å². The first-order valence-electron chi connectivity index (χ1n) is 9.84. The van der Waals surface area contributed by atoms with E-state index in [4.69, 9.17) is 22.7 Å². The van der Waals surface area contributed by atoms with Crippen LogP contribution in [-0.2, 0) is 16.0 Å². The molecule has 0 radical (unpaired) electrons. The molecule has 0 aliphatic heterocycles. The van der Waals surface area contributed by atoms with Crippen LogP contribution in [0.1, 0.15) is 30.4 Å². The maximum atomic E-state index is 13.8. The summed E-state index contributed by atoms with van der Waals surface area (Å²) in [6.07, 6.45) is 2.81. The second-order valence-electron chi connectivity index (χ2n) is 6.99. The van der Waals surface area contributed by atoms with Crippen molar-refractivity contribution in [3.8, 4) is 0 Å². The normalized spacial score (nSPS) is 10.8. The van der Waals surface area contributed by atoms with E-state index in [2.05, 4.69) is 10.6 Å². The van der Waals surface area contributed by atoms with Crippen molar-refractivity contribution < 1.29 is 23.8 Å². The molecule has 0 heterocycles. The Balaban J connectivity index is 1.79. The molecular weight excluding hydrogens is 458 g/mol. The molecular formula is C21H25ClFN4O4P. The number of anilines is 1. The number of nitrogens with two attached hydrogens (primary N) is 1. The fraction of sp³-hybridized carbons (Fsp3) is 0.286. The molecule has 0 unspecified atom stereocenters. The van der Waals surface area contributed by atoms with Crippen LogP contribution in [0.4, 0.5) is 10.1 Å². The second-order valence-corrected chi connectivity index (χ2v) is 8.49. The van der Waals surface area contributed by atoms with Crippen LogP contribution in [0.15, 0.2) is 36.4 Å². The van der Waals surface area contributed by atoms with E-state index in [0.29, 0.717) is 24.9 Å². The number of rotatable bonds is 12. The highest BCUT2D eigenvalue weighted by atomic mass is 35.5. The summed E-state index contributed by atoms with van der Waals surface area (Å²) in [5, 5.41) is 13.6. The quantitative estimate of drug-likeness (QED) is 0.156. The third-order valence-corrected chi connectivity index (χ3v) is 5.70. The molecule has 0 fully saturated rings. The number of halogens is 2. The van der Waals surface area contributed by atoms with Crippen LogP contribution in [0.2, 0.25) is 5.02 Å². The first-order chi connectivity index (χ1) is 15.2. The van der Waals surface area contributed by atoms with Gasteiger partial charge in [0.15, 0.2) is 8.38 Å². The summed E-state index contributed by atoms with van der Waals surface area (Å²) in [6, 6.07) is 9.02. The van der Waals surface area contributed by atoms with E-state index in [1.807, 2.05) is 0 Å². The average molecular weight is 483 g/mol. The lowest BCUT2D eigenvalue weighted by atomic mass is 10.1. The minimum atomic E-state index is -2.38. The summed E-state index contributed by atoms with van der Waals surface area (Å²) in [7, 11) is -2.38. The van der Waals surface area contributed by atoms with Gasteiger partial charge in [0.05, 0.1) is 11.6 Å². The maximum Gasteiger partial charge on any atom is 0.267 e. The van der Waals surface area contributed by atoms with Crippen molar-refractivity contribution in [3.05, 3.63) is 58.4 Å². The fourth-order valence-electron chi connectivity index (χ4n) is 2.98. The molecule has 172 valence electrons. The molecule has 0 saturated heterocycles. The van der Waals surface area contributed by atoms with Gasteiger partial charge in [0.1, 0.15) is 11.5 Å². The Morgan fingerprint density at radius 2 is 1.91 bits per heavy atom. The molecule has 7 N–H and O–H groups in total. The van der Waals surface area contributed by atoms with Crippen LogP contribution < -0.4 is 21.7 Å². The molecule has 0 aliphatic carbocycles. The number of nitrogens with one attached hydrogen (secondary N) is 3. The molecule has 0 atom stereocenters. The predicted molar refractivity (Wildman–Crippen MR) is 124 cm³/mol. The number of carbonyl (C=O) groups excluding carboxylic acids is 2. The smallest absolute Gasteiger partial charge is 0.267 e. The number of benzene rings is 2. The van der Waals surface area contributed by atoms with E-state index in [-0.39, 0.29) is 34.0 Å². The zero-order valence-corrected chi connectivity index (χ0v) is 18.8. The van der Waals surface area contributed by atoms with E-state index in [1.165, 1.54) is 24.3 Å². The van der Waals surface area contributed by atoms with Crippen LogP contribution in [0, 0.1) is 11.2 Å². The van der Waals surface area contributed by atoms with Crippen LogP contribution in [-0.4, -0.2) is 40.4 Å². The Kier molecular flexibility index (Phi) is 9.99. The van der Waals surface area contributed by atoms with E-state index in [1.54, 1.807) is 12.1 Å². The van der Waals surface area contributed by atoms with Crippen LogP contribution >= 0.6 is 20.0 Å². The molecule has 0 aromatic heterocycles. The number of unbranched alkanes of at least 4 members (excludes halogenated alkanes) is 2. The standard InChI is InChI=1S/C21H25ClFN4O4P/c22-16-7-4-6-13(19(16)23)5-2-1-3-10-26-18(28)12-27-17-11-14(32(30)31)8-9-15(17)20(24)21(25)29/h4,6-9,11,24,27,30-31H,1-3,5,10,12H2,(H2,25,29)(H,26,28). The molecule has 0 bridgehead atoms. The number of carbonyl (C=O) groups is 2. The summed E-state index contributed by atoms with van der Waals surface area (Å²) < 4.78 is 13.8. The maximum absolute atomic E-state index is 13.8. The van der Waals surface area contributed by atoms with Crippen LogP contribution in [0.5, 0.6) is 0 Å². The van der Waals surface area contributed by atoms with Gasteiger partial charge >= 0.3 is 0 Å². The number of hydrogen-bond acceptors (Lipinski definition) is 6. The van der Waals surface area contributed by atoms with E-state index in [0.717, 1.165) is 12.8 Å². The Morgan fingerprint density at radius 1 is 1.16 bits per heavy atom. The number of hydrogen-bond donors (Lipinski definition) is 6. The zero-order valence-electron chi connectivity index (χ0n) is 17.2. The van der Waals surface area contributed by atoms with E-state index in [9.17, 15) is 23.8 Å². The first-order valence-corrected chi connectivity index (χ1v) is 11.5. The molecule has 0 spiro atoms. The van der Waals surface area contributed by atoms with Gasteiger partial charge in [-0.05, 0) is 49.1 Å². The minimum Gasteiger partial charge on any atom is -0.376 e. The van der Waals surface area contributed by atoms with Crippen molar-refractivity contribution in [2.45, 2.75) is 25.7 Å². The van der Waals surface area contributed by atoms with Crippen molar-refractivity contribution in [1.82, 2.24) is 5.32 Å². The Morgan fingerprint density at radius 3 is 2.59 bits per heavy atom. The van der Waals surface area contributed by atoms with Gasteiger partial charge in [-0.2, -0.15) is 0 Å². The largest absolute Gasteiger partial charge is 0.376 e. The topological polar surface area (TPSA) is 149 Å². The van der Waals surface area contributed by atoms with Crippen molar-refractivity contribution in [1.29, 1.82) is 5.41 Å². The highest BCUT2D eigenvalue weighted by Gasteiger charge is 2.16. The minimum absolute atomic E-state index is 0.108. The van der Waals surface area contributed by atoms with Crippen molar-refractivity contribution in [3.63, 3.8) is 0 Å². The number of aryl methyl sites for hydroxylation is 1. The summed E-state index contributed by atoms with van der Waals surface area (Å²) in [5.41, 5.74) is 5.64.